The van der Waals surface area contributed by atoms with Crippen molar-refractivity contribution in [2.24, 2.45) is 0 Å². The van der Waals surface area contributed by atoms with Crippen LogP contribution < -0.4 is 5.32 Å². The van der Waals surface area contributed by atoms with Crippen molar-refractivity contribution in [1.82, 2.24) is 20.0 Å². The number of nitrogens with one attached hydrogen (secondary N) is 1. The highest BCUT2D eigenvalue weighted by Crippen LogP contribution is 2.34. The van der Waals surface area contributed by atoms with Gasteiger partial charge < -0.3 is 24.6 Å². The predicted molar refractivity (Wildman–Crippen MR) is 107 cm³/mol. The molecule has 0 amide bonds. The number of nitrogens with zero attached hydrogens (tertiary/aromatic N) is 3. The van der Waals surface area contributed by atoms with Crippen molar-refractivity contribution in [2.45, 2.75) is 44.5 Å². The van der Waals surface area contributed by atoms with Crippen LogP contribution in [0.1, 0.15) is 54.3 Å². The zero-order valence-corrected chi connectivity index (χ0v) is 16.3. The van der Waals surface area contributed by atoms with Gasteiger partial charge in [-0.15, -0.1) is 0 Å². The lowest BCUT2D eigenvalue weighted by atomic mass is 10.1. The zero-order valence-electron chi connectivity index (χ0n) is 16.3. The molecular weight excluding hydrogens is 368 g/mol. The Bertz CT molecular complexity index is 1020. The minimum absolute atomic E-state index is 0.0604. The summed E-state index contributed by atoms with van der Waals surface area (Å²) in [6, 6.07) is 9.81. The van der Waals surface area contributed by atoms with Gasteiger partial charge in [-0.1, -0.05) is 23.2 Å². The van der Waals surface area contributed by atoms with Gasteiger partial charge in [0.2, 0.25) is 5.76 Å². The molecule has 3 aromatic rings. The van der Waals surface area contributed by atoms with E-state index in [-0.39, 0.29) is 12.1 Å². The lowest BCUT2D eigenvalue weighted by Crippen LogP contribution is -2.34. The summed E-state index contributed by atoms with van der Waals surface area (Å²) in [7, 11) is 0. The van der Waals surface area contributed by atoms with Gasteiger partial charge in [0.25, 0.3) is 0 Å². The summed E-state index contributed by atoms with van der Waals surface area (Å²) < 4.78 is 7.13. The van der Waals surface area contributed by atoms with E-state index in [1.807, 2.05) is 28.8 Å². The fraction of sp³-hybridized carbons (Fsp3) is 0.364. The number of hydrogen-bond donors (Lipinski definition) is 3. The van der Waals surface area contributed by atoms with E-state index in [9.17, 15) is 10.2 Å². The average molecular weight is 392 g/mol. The summed E-state index contributed by atoms with van der Waals surface area (Å²) in [5, 5.41) is 26.5. The van der Waals surface area contributed by atoms with E-state index in [4.69, 9.17) is 4.52 Å². The van der Waals surface area contributed by atoms with Crippen molar-refractivity contribution >= 4 is 0 Å². The Labute approximate surface area is 169 Å². The Morgan fingerprint density at radius 3 is 2.76 bits per heavy atom. The van der Waals surface area contributed by atoms with Gasteiger partial charge in [-0.3, -0.25) is 0 Å². The molecular formula is C22H24N4O3. The topological polar surface area (TPSA) is 96.3 Å². The summed E-state index contributed by atoms with van der Waals surface area (Å²) >= 11 is 0. The Morgan fingerprint density at radius 2 is 2.07 bits per heavy atom. The van der Waals surface area contributed by atoms with Gasteiger partial charge in [0.1, 0.15) is 17.6 Å². The Balaban J connectivity index is 1.36. The summed E-state index contributed by atoms with van der Waals surface area (Å²) in [6.07, 6.45) is 4.87. The zero-order chi connectivity index (χ0) is 20.3. The highest BCUT2D eigenvalue weighted by Gasteiger charge is 2.41. The summed E-state index contributed by atoms with van der Waals surface area (Å²) in [5.41, 5.74) is 2.70. The van der Waals surface area contributed by atoms with E-state index in [2.05, 4.69) is 27.3 Å². The molecule has 7 heteroatoms. The standard InChI is InChI=1S/C22H24N4O3/c1-16(28)21-23-10-11-26(21)14-19-12-20(29-25-19)7-6-17-2-4-18(5-3-17)13-24-22(15-27)8-9-22/h2-5,10-12,16,24,27-28H,8-9,13-15H2,1H3. The maximum absolute atomic E-state index is 9.73. The molecule has 29 heavy (non-hydrogen) atoms. The van der Waals surface area contributed by atoms with Crippen LogP contribution in [0.3, 0.4) is 0 Å². The molecule has 3 N–H and O–H groups in total. The molecule has 0 bridgehead atoms. The molecule has 1 saturated carbocycles. The number of benzene rings is 1. The molecule has 1 aromatic carbocycles. The smallest absolute Gasteiger partial charge is 0.210 e. The minimum Gasteiger partial charge on any atom is -0.394 e. The average Bonchev–Trinajstić information content (AvgIpc) is 3.13. The molecule has 2 aromatic heterocycles. The number of hydrogen-bond acceptors (Lipinski definition) is 6. The van der Waals surface area contributed by atoms with Crippen LogP contribution in [0.5, 0.6) is 0 Å². The van der Waals surface area contributed by atoms with E-state index in [1.165, 1.54) is 0 Å². The highest BCUT2D eigenvalue weighted by atomic mass is 16.5. The fourth-order valence-corrected chi connectivity index (χ4v) is 3.11. The number of imidazole rings is 1. The number of aliphatic hydroxyl groups excluding tert-OH is 2. The van der Waals surface area contributed by atoms with Crippen LogP contribution in [0.25, 0.3) is 0 Å². The van der Waals surface area contributed by atoms with Crippen LogP contribution in [-0.4, -0.2) is 37.1 Å². The first-order valence-corrected chi connectivity index (χ1v) is 9.68. The predicted octanol–water partition coefficient (Wildman–Crippen LogP) is 1.99. The molecule has 150 valence electrons. The minimum atomic E-state index is -0.646. The molecule has 7 nitrogen and oxygen atoms in total. The van der Waals surface area contributed by atoms with Gasteiger partial charge >= 0.3 is 0 Å². The summed E-state index contributed by atoms with van der Waals surface area (Å²) in [5.74, 6) is 7.15. The first-order chi connectivity index (χ1) is 14.1. The first-order valence-electron chi connectivity index (χ1n) is 9.68. The van der Waals surface area contributed by atoms with Crippen LogP contribution in [0.15, 0.2) is 47.2 Å². The van der Waals surface area contributed by atoms with E-state index >= 15 is 0 Å². The monoisotopic (exact) mass is 392 g/mol. The third kappa shape index (κ3) is 4.74. The second-order valence-electron chi connectivity index (χ2n) is 7.51. The van der Waals surface area contributed by atoms with E-state index < -0.39 is 6.10 Å². The van der Waals surface area contributed by atoms with Crippen LogP contribution in [0, 0.1) is 11.8 Å². The quantitative estimate of drug-likeness (QED) is 0.532. The lowest BCUT2D eigenvalue weighted by molar-refractivity contribution is 0.184. The van der Waals surface area contributed by atoms with Crippen molar-refractivity contribution in [3.05, 3.63) is 71.1 Å². The van der Waals surface area contributed by atoms with Gasteiger partial charge in [0.15, 0.2) is 0 Å². The molecule has 1 aliphatic rings. The third-order valence-corrected chi connectivity index (χ3v) is 5.12. The van der Waals surface area contributed by atoms with E-state index in [0.29, 0.717) is 23.8 Å². The number of aromatic nitrogens is 3. The molecule has 0 spiro atoms. The maximum atomic E-state index is 9.73. The van der Waals surface area contributed by atoms with E-state index in [0.717, 1.165) is 30.5 Å². The Kier molecular flexibility index (Phi) is 5.49. The molecule has 1 fully saturated rings. The van der Waals surface area contributed by atoms with Gasteiger partial charge in [-0.05, 0) is 43.4 Å². The Morgan fingerprint density at radius 1 is 1.28 bits per heavy atom. The van der Waals surface area contributed by atoms with Crippen LogP contribution in [0.2, 0.25) is 0 Å². The van der Waals surface area contributed by atoms with Crippen LogP contribution in [-0.2, 0) is 13.1 Å². The molecule has 1 unspecified atom stereocenters. The van der Waals surface area contributed by atoms with Gasteiger partial charge in [0, 0.05) is 36.1 Å². The van der Waals surface area contributed by atoms with Crippen molar-refractivity contribution in [3.63, 3.8) is 0 Å². The van der Waals surface area contributed by atoms with Crippen LogP contribution in [0.4, 0.5) is 0 Å². The summed E-state index contributed by atoms with van der Waals surface area (Å²) in [4.78, 5) is 4.15. The van der Waals surface area contributed by atoms with Crippen molar-refractivity contribution in [3.8, 4) is 11.8 Å². The second-order valence-corrected chi connectivity index (χ2v) is 7.51. The third-order valence-electron chi connectivity index (χ3n) is 5.12. The molecule has 0 aliphatic heterocycles. The van der Waals surface area contributed by atoms with Gasteiger partial charge in [0.05, 0.1) is 13.2 Å². The first kappa shape index (κ1) is 19.4. The fourth-order valence-electron chi connectivity index (χ4n) is 3.11. The molecule has 1 aliphatic carbocycles. The Hall–Kier alpha value is -2.92. The molecule has 0 radical (unpaired) electrons. The van der Waals surface area contributed by atoms with Crippen molar-refractivity contribution in [2.75, 3.05) is 6.61 Å². The van der Waals surface area contributed by atoms with E-state index in [1.54, 1.807) is 25.4 Å². The highest BCUT2D eigenvalue weighted by molar-refractivity contribution is 5.40. The largest absolute Gasteiger partial charge is 0.394 e. The summed E-state index contributed by atoms with van der Waals surface area (Å²) in [6.45, 7) is 3.07. The van der Waals surface area contributed by atoms with Crippen molar-refractivity contribution in [1.29, 1.82) is 0 Å². The van der Waals surface area contributed by atoms with Gasteiger partial charge in [-0.2, -0.15) is 0 Å². The molecule has 1 atom stereocenters. The second kappa shape index (κ2) is 8.21. The molecule has 4 rings (SSSR count). The number of rotatable bonds is 7. The number of aliphatic hydroxyl groups is 2. The molecule has 2 heterocycles. The van der Waals surface area contributed by atoms with Crippen LogP contribution >= 0.6 is 0 Å². The van der Waals surface area contributed by atoms with Crippen molar-refractivity contribution < 1.29 is 14.7 Å². The SMILES string of the molecule is CC(O)c1nccn1Cc1cc(C#Cc2ccc(CNC3(CO)CC3)cc2)on1. The lowest BCUT2D eigenvalue weighted by Gasteiger charge is -2.13. The maximum Gasteiger partial charge on any atom is 0.210 e. The van der Waals surface area contributed by atoms with Gasteiger partial charge in [-0.25, -0.2) is 4.98 Å². The molecule has 0 saturated heterocycles. The normalized spacial score (nSPS) is 15.6.